The average Bonchev–Trinajstić information content (AvgIpc) is 2.64. The highest BCUT2D eigenvalue weighted by atomic mass is 15.1. The molecule has 2 heteroatoms. The van der Waals surface area contributed by atoms with Gasteiger partial charge in [-0.2, -0.15) is 0 Å². The fourth-order valence-corrected chi connectivity index (χ4v) is 2.16. The van der Waals surface area contributed by atoms with Crippen molar-refractivity contribution in [1.29, 1.82) is 0 Å². The normalized spacial score (nSPS) is 15.7. The van der Waals surface area contributed by atoms with Crippen molar-refractivity contribution in [3.05, 3.63) is 41.1 Å². The summed E-state index contributed by atoms with van der Waals surface area (Å²) in [6.45, 7) is 6.03. The van der Waals surface area contributed by atoms with Gasteiger partial charge in [0.25, 0.3) is 0 Å². The number of hydrogen-bond acceptors (Lipinski definition) is 2. The summed E-state index contributed by atoms with van der Waals surface area (Å²) in [5.74, 6) is 0. The van der Waals surface area contributed by atoms with Gasteiger partial charge in [-0.25, -0.2) is 0 Å². The van der Waals surface area contributed by atoms with Crippen molar-refractivity contribution in [2.45, 2.75) is 26.8 Å². The molecule has 2 rings (SSSR count). The number of nitrogens with two attached hydrogens (primary N) is 1. The molecule has 80 valence electrons. The van der Waals surface area contributed by atoms with Crippen LogP contribution >= 0.6 is 0 Å². The highest BCUT2D eigenvalue weighted by Gasteiger charge is 2.15. The molecular formula is C13H18N2. The molecule has 0 saturated heterocycles. The zero-order chi connectivity index (χ0) is 10.8. The molecule has 1 aliphatic rings. The van der Waals surface area contributed by atoms with E-state index in [4.69, 9.17) is 5.73 Å². The predicted molar refractivity (Wildman–Crippen MR) is 64.8 cm³/mol. The van der Waals surface area contributed by atoms with E-state index in [-0.39, 0.29) is 0 Å². The van der Waals surface area contributed by atoms with E-state index < -0.39 is 0 Å². The number of para-hydroxylation sites is 1. The lowest BCUT2D eigenvalue weighted by atomic mass is 10.1. The van der Waals surface area contributed by atoms with Crippen LogP contribution < -0.4 is 10.6 Å². The summed E-state index contributed by atoms with van der Waals surface area (Å²) >= 11 is 0. The summed E-state index contributed by atoms with van der Waals surface area (Å²) < 4.78 is 0. The summed E-state index contributed by atoms with van der Waals surface area (Å²) in [7, 11) is 0. The van der Waals surface area contributed by atoms with Gasteiger partial charge in [-0.05, 0) is 31.4 Å². The first kappa shape index (κ1) is 10.2. The van der Waals surface area contributed by atoms with Gasteiger partial charge in [-0.1, -0.05) is 23.8 Å². The minimum Gasteiger partial charge on any atom is -0.347 e. The summed E-state index contributed by atoms with van der Waals surface area (Å²) in [4.78, 5) is 2.33. The number of nitrogens with zero attached hydrogens (tertiary/aromatic N) is 1. The Morgan fingerprint density at radius 2 is 2.13 bits per heavy atom. The van der Waals surface area contributed by atoms with Gasteiger partial charge in [0.2, 0.25) is 0 Å². The second-order valence-corrected chi connectivity index (χ2v) is 4.21. The highest BCUT2D eigenvalue weighted by Crippen LogP contribution is 2.29. The maximum Gasteiger partial charge on any atom is 0.0481 e. The van der Waals surface area contributed by atoms with Crippen molar-refractivity contribution < 1.29 is 0 Å². The fourth-order valence-electron chi connectivity index (χ4n) is 2.16. The molecule has 0 aliphatic carbocycles. The molecule has 0 fully saturated rings. The molecule has 0 bridgehead atoms. The van der Waals surface area contributed by atoms with Crippen LogP contribution in [-0.2, 0) is 6.54 Å². The van der Waals surface area contributed by atoms with Crippen molar-refractivity contribution in [2.24, 2.45) is 5.73 Å². The largest absolute Gasteiger partial charge is 0.347 e. The van der Waals surface area contributed by atoms with Crippen LogP contribution in [0.1, 0.15) is 24.5 Å². The Morgan fingerprint density at radius 3 is 2.73 bits per heavy atom. The Balaban J connectivity index is 2.42. The minimum absolute atomic E-state index is 0.612. The molecule has 2 nitrogen and oxygen atoms in total. The lowest BCUT2D eigenvalue weighted by Gasteiger charge is -2.21. The number of anilines is 1. The quantitative estimate of drug-likeness (QED) is 0.798. The first-order valence-electron chi connectivity index (χ1n) is 5.45. The third-order valence-corrected chi connectivity index (χ3v) is 2.95. The van der Waals surface area contributed by atoms with Gasteiger partial charge in [-0.15, -0.1) is 0 Å². The van der Waals surface area contributed by atoms with Crippen LogP contribution in [0.4, 0.5) is 5.69 Å². The Morgan fingerprint density at radius 1 is 1.33 bits per heavy atom. The maximum atomic E-state index is 5.77. The van der Waals surface area contributed by atoms with Crippen LogP contribution in [0.2, 0.25) is 0 Å². The van der Waals surface area contributed by atoms with Crippen LogP contribution in [0.3, 0.4) is 0 Å². The van der Waals surface area contributed by atoms with Crippen LogP contribution in [0, 0.1) is 6.92 Å². The maximum absolute atomic E-state index is 5.77. The van der Waals surface area contributed by atoms with Crippen molar-refractivity contribution >= 4 is 5.69 Å². The highest BCUT2D eigenvalue weighted by molar-refractivity contribution is 5.62. The van der Waals surface area contributed by atoms with E-state index >= 15 is 0 Å². The molecule has 0 aromatic heterocycles. The van der Waals surface area contributed by atoms with Crippen LogP contribution in [0.25, 0.3) is 0 Å². The molecule has 1 aromatic rings. The molecule has 0 saturated carbocycles. The Bertz CT molecular complexity index is 394. The van der Waals surface area contributed by atoms with Gasteiger partial charge in [0, 0.05) is 25.0 Å². The molecule has 2 N–H and O–H groups in total. The topological polar surface area (TPSA) is 29.3 Å². The molecular weight excluding hydrogens is 184 g/mol. The smallest absolute Gasteiger partial charge is 0.0481 e. The molecule has 1 aromatic carbocycles. The first-order valence-corrected chi connectivity index (χ1v) is 5.45. The molecule has 0 atom stereocenters. The number of hydrogen-bond donors (Lipinski definition) is 1. The molecule has 15 heavy (non-hydrogen) atoms. The standard InChI is InChI=1S/C13H18N2/c1-10-6-7-15(9-10)13-11(2)4-3-5-12(13)8-14/h3-5,9H,6-8,14H2,1-2H3. The van der Waals surface area contributed by atoms with Crippen LogP contribution in [0.15, 0.2) is 30.0 Å². The van der Waals surface area contributed by atoms with Gasteiger partial charge in [0.1, 0.15) is 0 Å². The van der Waals surface area contributed by atoms with E-state index in [1.54, 1.807) is 0 Å². The van der Waals surface area contributed by atoms with Crippen molar-refractivity contribution in [2.75, 3.05) is 11.4 Å². The predicted octanol–water partition coefficient (Wildman–Crippen LogP) is 2.57. The molecule has 0 spiro atoms. The second kappa shape index (κ2) is 4.07. The minimum atomic E-state index is 0.612. The number of rotatable bonds is 2. The van der Waals surface area contributed by atoms with Gasteiger partial charge in [-0.3, -0.25) is 0 Å². The second-order valence-electron chi connectivity index (χ2n) is 4.21. The Hall–Kier alpha value is -1.28. The molecule has 0 amide bonds. The monoisotopic (exact) mass is 202 g/mol. The van der Waals surface area contributed by atoms with Crippen LogP contribution in [-0.4, -0.2) is 6.54 Å². The summed E-state index contributed by atoms with van der Waals surface area (Å²) in [5, 5.41) is 0. The van der Waals surface area contributed by atoms with E-state index in [2.05, 4.69) is 43.1 Å². The third-order valence-electron chi connectivity index (χ3n) is 2.95. The number of aryl methyl sites for hydroxylation is 1. The zero-order valence-electron chi connectivity index (χ0n) is 9.46. The van der Waals surface area contributed by atoms with Gasteiger partial charge < -0.3 is 10.6 Å². The SMILES string of the molecule is CC1=CN(c2c(C)cccc2CN)CC1. The van der Waals surface area contributed by atoms with Gasteiger partial charge in [0.15, 0.2) is 0 Å². The third kappa shape index (κ3) is 1.90. The van der Waals surface area contributed by atoms with Crippen LogP contribution in [0.5, 0.6) is 0 Å². The zero-order valence-corrected chi connectivity index (χ0v) is 9.46. The lowest BCUT2D eigenvalue weighted by molar-refractivity contribution is 0.950. The Kier molecular flexibility index (Phi) is 2.78. The summed E-state index contributed by atoms with van der Waals surface area (Å²) in [6.07, 6.45) is 3.40. The summed E-state index contributed by atoms with van der Waals surface area (Å²) in [6, 6.07) is 6.34. The van der Waals surface area contributed by atoms with E-state index in [0.29, 0.717) is 6.54 Å². The van der Waals surface area contributed by atoms with Crippen molar-refractivity contribution in [1.82, 2.24) is 0 Å². The first-order chi connectivity index (χ1) is 7.22. The fraction of sp³-hybridized carbons (Fsp3) is 0.385. The van der Waals surface area contributed by atoms with E-state index in [9.17, 15) is 0 Å². The molecule has 0 unspecified atom stereocenters. The van der Waals surface area contributed by atoms with Crippen molar-refractivity contribution in [3.63, 3.8) is 0 Å². The van der Waals surface area contributed by atoms with E-state index in [0.717, 1.165) is 6.54 Å². The van der Waals surface area contributed by atoms with E-state index in [1.165, 1.54) is 28.8 Å². The number of benzene rings is 1. The van der Waals surface area contributed by atoms with Crippen molar-refractivity contribution in [3.8, 4) is 0 Å². The average molecular weight is 202 g/mol. The lowest BCUT2D eigenvalue weighted by Crippen LogP contribution is -2.16. The summed E-state index contributed by atoms with van der Waals surface area (Å²) in [5.41, 5.74) is 11.1. The molecule has 1 aliphatic heterocycles. The molecule has 0 radical (unpaired) electrons. The Labute approximate surface area is 91.4 Å². The van der Waals surface area contributed by atoms with Gasteiger partial charge >= 0.3 is 0 Å². The van der Waals surface area contributed by atoms with E-state index in [1.807, 2.05) is 0 Å². The van der Waals surface area contributed by atoms with Gasteiger partial charge in [0.05, 0.1) is 0 Å². The molecule has 1 heterocycles.